The van der Waals surface area contributed by atoms with Crippen LogP contribution in [-0.4, -0.2) is 23.8 Å². The molecule has 0 radical (unpaired) electrons. The normalized spacial score (nSPS) is 45.8. The van der Waals surface area contributed by atoms with Gasteiger partial charge in [-0.25, -0.2) is 4.79 Å². The molecule has 126 valence electrons. The van der Waals surface area contributed by atoms with Crippen molar-refractivity contribution in [2.24, 2.45) is 22.7 Å². The molecule has 1 heterocycles. The largest absolute Gasteiger partial charge is 0.454 e. The van der Waals surface area contributed by atoms with Gasteiger partial charge in [-0.3, -0.25) is 0 Å². The zero-order valence-electron chi connectivity index (χ0n) is 14.5. The summed E-state index contributed by atoms with van der Waals surface area (Å²) < 4.78 is 5.62. The predicted molar refractivity (Wildman–Crippen MR) is 88.6 cm³/mol. The van der Waals surface area contributed by atoms with Crippen LogP contribution in [0.1, 0.15) is 59.3 Å². The molecule has 2 fully saturated rings. The smallest absolute Gasteiger partial charge is 0.334 e. The van der Waals surface area contributed by atoms with Crippen LogP contribution in [0.5, 0.6) is 0 Å². The maximum atomic E-state index is 11.9. The Hall–Kier alpha value is -1.09. The van der Waals surface area contributed by atoms with Crippen LogP contribution in [0, 0.1) is 22.7 Å². The maximum absolute atomic E-state index is 11.9. The van der Waals surface area contributed by atoms with E-state index in [1.165, 1.54) is 24.8 Å². The topological polar surface area (TPSA) is 46.5 Å². The predicted octanol–water partition coefficient (Wildman–Crippen LogP) is 3.77. The quantitative estimate of drug-likeness (QED) is 0.749. The molecule has 1 aliphatic heterocycles. The number of hydrogen-bond donors (Lipinski definition) is 1. The highest BCUT2D eigenvalue weighted by molar-refractivity contribution is 5.92. The summed E-state index contributed by atoms with van der Waals surface area (Å²) in [5.41, 5.74) is 3.74. The lowest BCUT2D eigenvalue weighted by Gasteiger charge is -2.59. The van der Waals surface area contributed by atoms with Crippen LogP contribution in [0.15, 0.2) is 22.8 Å². The molecule has 0 aromatic heterocycles. The minimum absolute atomic E-state index is 0.0332. The number of aliphatic hydroxyl groups is 1. The summed E-state index contributed by atoms with van der Waals surface area (Å²) >= 11 is 0. The average Bonchev–Trinajstić information content (AvgIpc) is 2.80. The third-order valence-electron chi connectivity index (χ3n) is 7.55. The number of ether oxygens (including phenoxy) is 1. The first-order valence-electron chi connectivity index (χ1n) is 9.12. The standard InChI is InChI=1S/C20H28O3/c1-12-14-9-13-5-6-17-19(2,11-21)7-4-8-20(17,3)15(13)10-16(14)23-18(12)22/h9,15-17,21H,4-8,10-11H2,1-3H3. The highest BCUT2D eigenvalue weighted by atomic mass is 16.5. The number of allylic oxidation sites excluding steroid dienone is 1. The molecular weight excluding hydrogens is 288 g/mol. The lowest BCUT2D eigenvalue weighted by molar-refractivity contribution is -0.142. The van der Waals surface area contributed by atoms with E-state index in [-0.39, 0.29) is 22.9 Å². The van der Waals surface area contributed by atoms with Crippen LogP contribution in [0.25, 0.3) is 0 Å². The fraction of sp³-hybridized carbons (Fsp3) is 0.750. The summed E-state index contributed by atoms with van der Waals surface area (Å²) in [6, 6.07) is 0. The van der Waals surface area contributed by atoms with Crippen LogP contribution >= 0.6 is 0 Å². The van der Waals surface area contributed by atoms with Crippen molar-refractivity contribution in [1.82, 2.24) is 0 Å². The Morgan fingerprint density at radius 3 is 2.87 bits per heavy atom. The van der Waals surface area contributed by atoms with Gasteiger partial charge in [0.1, 0.15) is 6.10 Å². The first-order valence-corrected chi connectivity index (χ1v) is 9.12. The Morgan fingerprint density at radius 1 is 1.35 bits per heavy atom. The zero-order valence-corrected chi connectivity index (χ0v) is 14.5. The van der Waals surface area contributed by atoms with Crippen LogP contribution in [-0.2, 0) is 9.53 Å². The van der Waals surface area contributed by atoms with Crippen molar-refractivity contribution < 1.29 is 14.6 Å². The molecule has 0 amide bonds. The number of aliphatic hydroxyl groups excluding tert-OH is 1. The Morgan fingerprint density at radius 2 is 2.13 bits per heavy atom. The van der Waals surface area contributed by atoms with Gasteiger partial charge in [-0.15, -0.1) is 0 Å². The number of fused-ring (bicyclic) bond motifs is 4. The molecule has 2 saturated carbocycles. The molecule has 5 unspecified atom stereocenters. The number of esters is 1. The van der Waals surface area contributed by atoms with Crippen molar-refractivity contribution in [3.8, 4) is 0 Å². The number of carbonyl (C=O) groups excluding carboxylic acids is 1. The van der Waals surface area contributed by atoms with Crippen LogP contribution in [0.2, 0.25) is 0 Å². The molecule has 0 spiro atoms. The SMILES string of the molecule is CC1=C2C=C3CCC4C(C)(CO)CCCC4(C)C3CC2OC1=O. The lowest BCUT2D eigenvalue weighted by atomic mass is 9.46. The molecule has 0 bridgehead atoms. The van der Waals surface area contributed by atoms with Gasteiger partial charge in [-0.2, -0.15) is 0 Å². The summed E-state index contributed by atoms with van der Waals surface area (Å²) in [5.74, 6) is 0.936. The highest BCUT2D eigenvalue weighted by Gasteiger charge is 2.56. The van der Waals surface area contributed by atoms with Gasteiger partial charge in [-0.05, 0) is 61.7 Å². The van der Waals surface area contributed by atoms with E-state index in [1.54, 1.807) is 0 Å². The van der Waals surface area contributed by atoms with Crippen molar-refractivity contribution in [3.05, 3.63) is 22.8 Å². The summed E-state index contributed by atoms with van der Waals surface area (Å²) in [7, 11) is 0. The molecule has 23 heavy (non-hydrogen) atoms. The third-order valence-corrected chi connectivity index (χ3v) is 7.55. The fourth-order valence-corrected chi connectivity index (χ4v) is 6.23. The average molecular weight is 316 g/mol. The van der Waals surface area contributed by atoms with Crippen LogP contribution in [0.4, 0.5) is 0 Å². The molecule has 3 aliphatic carbocycles. The molecule has 0 saturated heterocycles. The van der Waals surface area contributed by atoms with E-state index in [1.807, 2.05) is 6.92 Å². The van der Waals surface area contributed by atoms with E-state index in [2.05, 4.69) is 19.9 Å². The number of hydrogen-bond acceptors (Lipinski definition) is 3. The minimum atomic E-state index is -0.133. The minimum Gasteiger partial charge on any atom is -0.454 e. The monoisotopic (exact) mass is 316 g/mol. The second-order valence-electron chi connectivity index (χ2n) is 8.74. The van der Waals surface area contributed by atoms with E-state index in [9.17, 15) is 9.90 Å². The molecule has 5 atom stereocenters. The molecular formula is C20H28O3. The molecule has 3 nitrogen and oxygen atoms in total. The van der Waals surface area contributed by atoms with Gasteiger partial charge in [0.15, 0.2) is 0 Å². The molecule has 4 aliphatic rings. The first kappa shape index (κ1) is 15.4. The van der Waals surface area contributed by atoms with Crippen LogP contribution in [0.3, 0.4) is 0 Å². The van der Waals surface area contributed by atoms with Crippen LogP contribution < -0.4 is 0 Å². The van der Waals surface area contributed by atoms with E-state index >= 15 is 0 Å². The van der Waals surface area contributed by atoms with Gasteiger partial charge in [0, 0.05) is 17.8 Å². The van der Waals surface area contributed by atoms with Crippen molar-refractivity contribution in [2.45, 2.75) is 65.4 Å². The van der Waals surface area contributed by atoms with E-state index < -0.39 is 0 Å². The van der Waals surface area contributed by atoms with Gasteiger partial charge in [-0.1, -0.05) is 31.9 Å². The Kier molecular flexibility index (Phi) is 3.32. The van der Waals surface area contributed by atoms with Gasteiger partial charge in [0.05, 0.1) is 0 Å². The van der Waals surface area contributed by atoms with Gasteiger partial charge in [0.2, 0.25) is 0 Å². The highest BCUT2D eigenvalue weighted by Crippen LogP contribution is 2.63. The van der Waals surface area contributed by atoms with E-state index in [4.69, 9.17) is 4.74 Å². The molecule has 4 rings (SSSR count). The maximum Gasteiger partial charge on any atom is 0.334 e. The third kappa shape index (κ3) is 2.02. The second-order valence-corrected chi connectivity index (χ2v) is 8.74. The fourth-order valence-electron chi connectivity index (χ4n) is 6.23. The van der Waals surface area contributed by atoms with Gasteiger partial charge >= 0.3 is 5.97 Å². The van der Waals surface area contributed by atoms with Gasteiger partial charge < -0.3 is 9.84 Å². The molecule has 0 aromatic rings. The van der Waals surface area contributed by atoms with Gasteiger partial charge in [0.25, 0.3) is 0 Å². The summed E-state index contributed by atoms with van der Waals surface area (Å²) in [4.78, 5) is 11.9. The lowest BCUT2D eigenvalue weighted by Crippen LogP contribution is -2.53. The van der Waals surface area contributed by atoms with Crippen molar-refractivity contribution in [1.29, 1.82) is 0 Å². The Bertz CT molecular complexity index is 616. The van der Waals surface area contributed by atoms with Crippen molar-refractivity contribution >= 4 is 5.97 Å². The first-order chi connectivity index (χ1) is 10.9. The second kappa shape index (κ2) is 4.95. The summed E-state index contributed by atoms with van der Waals surface area (Å²) in [6.45, 7) is 6.89. The number of carbonyl (C=O) groups is 1. The Balaban J connectivity index is 1.73. The zero-order chi connectivity index (χ0) is 16.4. The molecule has 1 N–H and O–H groups in total. The van der Waals surface area contributed by atoms with Crippen molar-refractivity contribution in [2.75, 3.05) is 6.61 Å². The van der Waals surface area contributed by atoms with E-state index in [0.717, 1.165) is 30.4 Å². The summed E-state index contributed by atoms with van der Waals surface area (Å²) in [6.07, 6.45) is 9.03. The molecule has 3 heteroatoms. The van der Waals surface area contributed by atoms with E-state index in [0.29, 0.717) is 18.4 Å². The Labute approximate surface area is 138 Å². The summed E-state index contributed by atoms with van der Waals surface area (Å²) in [5, 5.41) is 10.0. The molecule has 0 aromatic carbocycles. The van der Waals surface area contributed by atoms with Crippen molar-refractivity contribution in [3.63, 3.8) is 0 Å². The number of rotatable bonds is 1.